The van der Waals surface area contributed by atoms with E-state index in [0.717, 1.165) is 9.87 Å². The molecule has 0 aromatic heterocycles. The van der Waals surface area contributed by atoms with Crippen LogP contribution in [0.4, 0.5) is 5.69 Å². The van der Waals surface area contributed by atoms with Crippen molar-refractivity contribution in [2.24, 2.45) is 0 Å². The van der Waals surface area contributed by atoms with Crippen molar-refractivity contribution in [2.75, 3.05) is 32.3 Å². The number of hydrogen-bond donors (Lipinski definition) is 1. The van der Waals surface area contributed by atoms with E-state index >= 15 is 0 Å². The first-order valence-corrected chi connectivity index (χ1v) is 10.8. The number of carbonyl (C=O) groups excluding carboxylic acids is 1. The monoisotopic (exact) mass is 419 g/mol. The lowest BCUT2D eigenvalue weighted by molar-refractivity contribution is -0.113. The molecule has 0 atom stereocenters. The highest BCUT2D eigenvalue weighted by atomic mass is 32.2. The summed E-state index contributed by atoms with van der Waals surface area (Å²) in [6, 6.07) is 13.6. The number of sulfonamides is 1. The summed E-state index contributed by atoms with van der Waals surface area (Å²) in [4.78, 5) is 12.4. The van der Waals surface area contributed by atoms with Gasteiger partial charge in [-0.2, -0.15) is 5.26 Å². The molecule has 0 radical (unpaired) electrons. The van der Waals surface area contributed by atoms with Crippen molar-refractivity contribution >= 4 is 33.4 Å². The Hall–Kier alpha value is -2.54. The lowest BCUT2D eigenvalue weighted by Crippen LogP contribution is -2.22. The molecule has 28 heavy (non-hydrogen) atoms. The maximum absolute atomic E-state index is 12.3. The molecule has 0 fully saturated rings. The van der Waals surface area contributed by atoms with Gasteiger partial charge in [-0.1, -0.05) is 12.1 Å². The minimum atomic E-state index is -3.62. The summed E-state index contributed by atoms with van der Waals surface area (Å²) in [5.41, 5.74) is 1.82. The van der Waals surface area contributed by atoms with Gasteiger partial charge in [0.2, 0.25) is 15.9 Å². The van der Waals surface area contributed by atoms with E-state index in [-0.39, 0.29) is 16.6 Å². The van der Waals surface area contributed by atoms with Crippen LogP contribution in [0.1, 0.15) is 11.1 Å². The standard InChI is InChI=1S/C19H21N3O4S2/c1-22(2)28(24,25)16-7-8-18(26-3)17(10-16)21-19(23)13-27-12-15-6-4-5-14(9-15)11-20/h4-10H,12-13H2,1-3H3,(H,21,23). The van der Waals surface area contributed by atoms with Gasteiger partial charge in [-0.3, -0.25) is 4.79 Å². The number of amides is 1. The third-order valence-electron chi connectivity index (χ3n) is 3.78. The fraction of sp³-hybridized carbons (Fsp3) is 0.263. The molecule has 0 bridgehead atoms. The van der Waals surface area contributed by atoms with Crippen molar-refractivity contribution in [1.29, 1.82) is 5.26 Å². The quantitative estimate of drug-likeness (QED) is 0.706. The number of methoxy groups -OCH3 is 1. The lowest BCUT2D eigenvalue weighted by atomic mass is 10.2. The number of thioether (sulfide) groups is 1. The minimum absolute atomic E-state index is 0.0644. The van der Waals surface area contributed by atoms with Gasteiger partial charge in [-0.25, -0.2) is 12.7 Å². The third kappa shape index (κ3) is 5.48. The van der Waals surface area contributed by atoms with Gasteiger partial charge in [0, 0.05) is 19.8 Å². The van der Waals surface area contributed by atoms with E-state index in [0.29, 0.717) is 22.8 Å². The molecule has 0 saturated heterocycles. The normalized spacial score (nSPS) is 11.1. The van der Waals surface area contributed by atoms with Crippen LogP contribution in [-0.4, -0.2) is 45.6 Å². The zero-order valence-corrected chi connectivity index (χ0v) is 17.4. The van der Waals surface area contributed by atoms with Crippen molar-refractivity contribution < 1.29 is 17.9 Å². The molecule has 0 saturated carbocycles. The number of hydrogen-bond acceptors (Lipinski definition) is 6. The summed E-state index contributed by atoms with van der Waals surface area (Å²) in [7, 11) is 0.702. The molecule has 2 rings (SSSR count). The van der Waals surface area contributed by atoms with E-state index in [1.54, 1.807) is 18.2 Å². The molecule has 0 spiro atoms. The Kier molecular flexibility index (Phi) is 7.45. The van der Waals surface area contributed by atoms with Crippen LogP contribution in [0.3, 0.4) is 0 Å². The number of benzene rings is 2. The van der Waals surface area contributed by atoms with Crippen LogP contribution in [0.5, 0.6) is 5.75 Å². The molecule has 2 aromatic rings. The molecule has 9 heteroatoms. The van der Waals surface area contributed by atoms with Crippen LogP contribution in [0.2, 0.25) is 0 Å². The number of nitrogens with one attached hydrogen (secondary N) is 1. The van der Waals surface area contributed by atoms with Crippen molar-refractivity contribution in [3.8, 4) is 11.8 Å². The summed E-state index contributed by atoms with van der Waals surface area (Å²) >= 11 is 1.39. The lowest BCUT2D eigenvalue weighted by Gasteiger charge is -2.15. The van der Waals surface area contributed by atoms with Crippen LogP contribution >= 0.6 is 11.8 Å². The van der Waals surface area contributed by atoms with Gasteiger partial charge in [0.25, 0.3) is 0 Å². The van der Waals surface area contributed by atoms with Crippen LogP contribution in [-0.2, 0) is 20.6 Å². The molecule has 2 aromatic carbocycles. The molecule has 148 valence electrons. The molecule has 1 N–H and O–H groups in total. The highest BCUT2D eigenvalue weighted by molar-refractivity contribution is 7.99. The third-order valence-corrected chi connectivity index (χ3v) is 6.60. The first kappa shape index (κ1) is 21.8. The SMILES string of the molecule is COc1ccc(S(=O)(=O)N(C)C)cc1NC(=O)CSCc1cccc(C#N)c1. The van der Waals surface area contributed by atoms with Crippen LogP contribution in [0, 0.1) is 11.3 Å². The second-order valence-electron chi connectivity index (χ2n) is 6.00. The first-order chi connectivity index (χ1) is 13.3. The van der Waals surface area contributed by atoms with E-state index in [9.17, 15) is 13.2 Å². The van der Waals surface area contributed by atoms with Crippen LogP contribution < -0.4 is 10.1 Å². The van der Waals surface area contributed by atoms with E-state index in [1.165, 1.54) is 51.2 Å². The van der Waals surface area contributed by atoms with Gasteiger partial charge in [0.1, 0.15) is 5.75 Å². The maximum Gasteiger partial charge on any atom is 0.242 e. The minimum Gasteiger partial charge on any atom is -0.495 e. The largest absolute Gasteiger partial charge is 0.495 e. The fourth-order valence-electron chi connectivity index (χ4n) is 2.33. The van der Waals surface area contributed by atoms with E-state index in [4.69, 9.17) is 10.00 Å². The van der Waals surface area contributed by atoms with Crippen molar-refractivity contribution in [1.82, 2.24) is 4.31 Å². The van der Waals surface area contributed by atoms with Gasteiger partial charge >= 0.3 is 0 Å². The Morgan fingerprint density at radius 1 is 1.25 bits per heavy atom. The summed E-state index contributed by atoms with van der Waals surface area (Å²) in [5.74, 6) is 0.844. The summed E-state index contributed by atoms with van der Waals surface area (Å²) in [6.45, 7) is 0. The second-order valence-corrected chi connectivity index (χ2v) is 9.14. The Morgan fingerprint density at radius 3 is 2.64 bits per heavy atom. The topological polar surface area (TPSA) is 99.5 Å². The van der Waals surface area contributed by atoms with Gasteiger partial charge in [-0.05, 0) is 35.9 Å². The van der Waals surface area contributed by atoms with Gasteiger partial charge in [-0.15, -0.1) is 11.8 Å². The highest BCUT2D eigenvalue weighted by Crippen LogP contribution is 2.28. The molecule has 1 amide bonds. The van der Waals surface area contributed by atoms with Crippen molar-refractivity contribution in [3.05, 3.63) is 53.6 Å². The summed E-state index contributed by atoms with van der Waals surface area (Å²) < 4.78 is 30.9. The number of anilines is 1. The Morgan fingerprint density at radius 2 is 2.00 bits per heavy atom. The first-order valence-electron chi connectivity index (χ1n) is 8.25. The smallest absolute Gasteiger partial charge is 0.242 e. The molecule has 0 heterocycles. The van der Waals surface area contributed by atoms with Crippen LogP contribution in [0.25, 0.3) is 0 Å². The van der Waals surface area contributed by atoms with Gasteiger partial charge < -0.3 is 10.1 Å². The zero-order valence-electron chi connectivity index (χ0n) is 15.8. The summed E-state index contributed by atoms with van der Waals surface area (Å²) in [6.07, 6.45) is 0. The second kappa shape index (κ2) is 9.59. The number of ether oxygens (including phenoxy) is 1. The van der Waals surface area contributed by atoms with E-state index < -0.39 is 10.0 Å². The molecule has 0 aliphatic carbocycles. The highest BCUT2D eigenvalue weighted by Gasteiger charge is 2.19. The van der Waals surface area contributed by atoms with Crippen molar-refractivity contribution in [3.63, 3.8) is 0 Å². The molecule has 0 aliphatic rings. The summed E-state index contributed by atoms with van der Waals surface area (Å²) in [5, 5.41) is 11.6. The molecular weight excluding hydrogens is 398 g/mol. The van der Waals surface area contributed by atoms with Crippen molar-refractivity contribution in [2.45, 2.75) is 10.6 Å². The molecule has 0 aliphatic heterocycles. The Balaban J connectivity index is 2.05. The average molecular weight is 420 g/mol. The number of nitrogens with zero attached hydrogens (tertiary/aromatic N) is 2. The van der Waals surface area contributed by atoms with E-state index in [1.807, 2.05) is 6.07 Å². The zero-order chi connectivity index (χ0) is 20.7. The van der Waals surface area contributed by atoms with E-state index in [2.05, 4.69) is 11.4 Å². The molecule has 0 unspecified atom stereocenters. The Bertz CT molecular complexity index is 998. The number of rotatable bonds is 8. The Labute approximate surface area is 169 Å². The predicted octanol–water partition coefficient (Wildman–Crippen LogP) is 2.69. The van der Waals surface area contributed by atoms with Crippen LogP contribution in [0.15, 0.2) is 47.4 Å². The number of nitriles is 1. The molecular formula is C19H21N3O4S2. The van der Waals surface area contributed by atoms with Gasteiger partial charge in [0.15, 0.2) is 0 Å². The average Bonchev–Trinajstić information content (AvgIpc) is 2.68. The molecule has 7 nitrogen and oxygen atoms in total. The predicted molar refractivity (Wildman–Crippen MR) is 110 cm³/mol. The number of carbonyl (C=O) groups is 1. The fourth-order valence-corrected chi connectivity index (χ4v) is 4.04. The maximum atomic E-state index is 12.3. The van der Waals surface area contributed by atoms with Gasteiger partial charge in [0.05, 0.1) is 35.1 Å².